The number of nitrogens with one attached hydrogen (secondary N) is 1. The summed E-state index contributed by atoms with van der Waals surface area (Å²) in [5.41, 5.74) is -0.412. The van der Waals surface area contributed by atoms with Crippen molar-refractivity contribution in [3.05, 3.63) is 33.2 Å². The van der Waals surface area contributed by atoms with Gasteiger partial charge in [0.1, 0.15) is 11.8 Å². The molecule has 0 aliphatic rings. The second-order valence-corrected chi connectivity index (χ2v) is 2.57. The maximum atomic E-state index is 11.1. The minimum absolute atomic E-state index is 0.363. The van der Waals surface area contributed by atoms with Crippen LogP contribution in [0.2, 0.25) is 0 Å². The zero-order valence-electron chi connectivity index (χ0n) is 6.81. The van der Waals surface area contributed by atoms with Crippen LogP contribution in [0.5, 0.6) is 0 Å². The van der Waals surface area contributed by atoms with Crippen molar-refractivity contribution in [2.24, 2.45) is 7.05 Å². The summed E-state index contributed by atoms with van der Waals surface area (Å²) in [5.74, 6) is 0. The molecule has 0 aromatic carbocycles. The molecule has 0 aliphatic heterocycles. The molecule has 2 aromatic rings. The zero-order chi connectivity index (χ0) is 9.42. The maximum Gasteiger partial charge on any atom is 0.316 e. The highest BCUT2D eigenvalue weighted by Crippen LogP contribution is 1.98. The number of hydrogen-bond donors (Lipinski definition) is 1. The molecule has 0 fully saturated rings. The topological polar surface area (TPSA) is 80.6 Å². The molecule has 0 amide bonds. The largest absolute Gasteiger partial charge is 0.316 e. The van der Waals surface area contributed by atoms with Gasteiger partial charge in [0.15, 0.2) is 5.65 Å². The van der Waals surface area contributed by atoms with Crippen LogP contribution in [0, 0.1) is 0 Å². The van der Waals surface area contributed by atoms with Crippen LogP contribution in [0.3, 0.4) is 0 Å². The van der Waals surface area contributed by atoms with Gasteiger partial charge in [0, 0.05) is 7.05 Å². The van der Waals surface area contributed by atoms with E-state index in [4.69, 9.17) is 0 Å². The number of aryl methyl sites for hydroxylation is 1. The Labute approximate surface area is 71.9 Å². The summed E-state index contributed by atoms with van der Waals surface area (Å²) >= 11 is 0. The van der Waals surface area contributed by atoms with Crippen LogP contribution in [0.4, 0.5) is 0 Å². The molecule has 0 saturated heterocycles. The fourth-order valence-electron chi connectivity index (χ4n) is 1.09. The molecule has 6 heteroatoms. The van der Waals surface area contributed by atoms with Crippen molar-refractivity contribution in [1.29, 1.82) is 0 Å². The first-order valence-corrected chi connectivity index (χ1v) is 3.59. The van der Waals surface area contributed by atoms with Crippen molar-refractivity contribution in [3.8, 4) is 0 Å². The Balaban J connectivity index is 3.11. The quantitative estimate of drug-likeness (QED) is 0.525. The van der Waals surface area contributed by atoms with Crippen LogP contribution in [0.15, 0.2) is 22.1 Å². The van der Waals surface area contributed by atoms with Gasteiger partial charge in [-0.15, -0.1) is 0 Å². The lowest BCUT2D eigenvalue weighted by Crippen LogP contribution is -2.35. The molecule has 0 unspecified atom stereocenters. The van der Waals surface area contributed by atoms with Gasteiger partial charge in [0.05, 0.1) is 6.20 Å². The molecule has 6 nitrogen and oxygen atoms in total. The summed E-state index contributed by atoms with van der Waals surface area (Å²) < 4.78 is 1.22. The average Bonchev–Trinajstić information content (AvgIpc) is 2.15. The molecule has 0 atom stereocenters. The number of aromatic amines is 1. The van der Waals surface area contributed by atoms with Crippen LogP contribution >= 0.6 is 0 Å². The molecule has 0 bridgehead atoms. The average molecular weight is 178 g/mol. The van der Waals surface area contributed by atoms with E-state index in [1.165, 1.54) is 24.1 Å². The highest BCUT2D eigenvalue weighted by Gasteiger charge is 2.03. The Hall–Kier alpha value is -1.98. The second kappa shape index (κ2) is 2.51. The van der Waals surface area contributed by atoms with Crippen molar-refractivity contribution < 1.29 is 0 Å². The molecule has 0 saturated carbocycles. The van der Waals surface area contributed by atoms with Gasteiger partial charge in [-0.05, 0) is 0 Å². The van der Waals surface area contributed by atoms with Crippen molar-refractivity contribution in [2.75, 3.05) is 0 Å². The summed E-state index contributed by atoms with van der Waals surface area (Å²) in [6, 6.07) is 0. The SMILES string of the molecule is Cn1c(=O)c(=O)[nH]c2ncncc21. The number of hydrogen-bond acceptors (Lipinski definition) is 4. The Morgan fingerprint density at radius 1 is 1.46 bits per heavy atom. The van der Waals surface area contributed by atoms with Crippen LogP contribution in [0.1, 0.15) is 0 Å². The van der Waals surface area contributed by atoms with E-state index < -0.39 is 11.1 Å². The van der Waals surface area contributed by atoms with E-state index in [0.717, 1.165) is 0 Å². The summed E-state index contributed by atoms with van der Waals surface area (Å²) in [6.45, 7) is 0. The number of H-pyrrole nitrogens is 1. The van der Waals surface area contributed by atoms with E-state index in [1.54, 1.807) is 0 Å². The first-order valence-electron chi connectivity index (χ1n) is 3.59. The van der Waals surface area contributed by atoms with Gasteiger partial charge < -0.3 is 9.55 Å². The van der Waals surface area contributed by atoms with Crippen molar-refractivity contribution in [3.63, 3.8) is 0 Å². The lowest BCUT2D eigenvalue weighted by molar-refractivity contribution is 0.863. The van der Waals surface area contributed by atoms with Gasteiger partial charge in [-0.2, -0.15) is 0 Å². The predicted octanol–water partition coefficient (Wildman–Crippen LogP) is -0.983. The minimum atomic E-state index is -0.673. The molecule has 2 aromatic heterocycles. The summed E-state index contributed by atoms with van der Waals surface area (Å²) in [5, 5.41) is 0. The molecule has 2 rings (SSSR count). The lowest BCUT2D eigenvalue weighted by atomic mass is 10.5. The fraction of sp³-hybridized carbons (Fsp3) is 0.143. The summed E-state index contributed by atoms with van der Waals surface area (Å²) in [7, 11) is 1.50. The fourth-order valence-corrected chi connectivity index (χ4v) is 1.09. The Morgan fingerprint density at radius 2 is 2.23 bits per heavy atom. The van der Waals surface area contributed by atoms with Crippen molar-refractivity contribution in [1.82, 2.24) is 19.5 Å². The van der Waals surface area contributed by atoms with E-state index >= 15 is 0 Å². The first-order chi connectivity index (χ1) is 6.20. The molecule has 0 aliphatic carbocycles. The van der Waals surface area contributed by atoms with Gasteiger partial charge in [0.2, 0.25) is 0 Å². The number of fused-ring (bicyclic) bond motifs is 1. The van der Waals surface area contributed by atoms with E-state index in [0.29, 0.717) is 11.2 Å². The minimum Gasteiger partial charge on any atom is -0.303 e. The Bertz CT molecular complexity index is 568. The third-order valence-electron chi connectivity index (χ3n) is 1.79. The van der Waals surface area contributed by atoms with Crippen LogP contribution in [0.25, 0.3) is 11.2 Å². The number of rotatable bonds is 0. The smallest absolute Gasteiger partial charge is 0.303 e. The molecule has 0 radical (unpaired) electrons. The first kappa shape index (κ1) is 7.66. The normalized spacial score (nSPS) is 10.5. The van der Waals surface area contributed by atoms with Gasteiger partial charge in [-0.25, -0.2) is 9.97 Å². The van der Waals surface area contributed by atoms with Gasteiger partial charge in [0.25, 0.3) is 0 Å². The predicted molar refractivity (Wildman–Crippen MR) is 45.4 cm³/mol. The Kier molecular flexibility index (Phi) is 1.48. The molecule has 66 valence electrons. The van der Waals surface area contributed by atoms with E-state index in [1.807, 2.05) is 0 Å². The molecule has 1 N–H and O–H groups in total. The highest BCUT2D eigenvalue weighted by atomic mass is 16.2. The van der Waals surface area contributed by atoms with Crippen molar-refractivity contribution in [2.45, 2.75) is 0 Å². The van der Waals surface area contributed by atoms with Crippen molar-refractivity contribution >= 4 is 11.2 Å². The third kappa shape index (κ3) is 1.03. The maximum absolute atomic E-state index is 11.1. The van der Waals surface area contributed by atoms with E-state index in [-0.39, 0.29) is 0 Å². The molecule has 2 heterocycles. The summed E-state index contributed by atoms with van der Waals surface area (Å²) in [4.78, 5) is 32.1. The second-order valence-electron chi connectivity index (χ2n) is 2.57. The standard InChI is InChI=1S/C7H6N4O2/c1-11-4-2-8-3-9-5(4)10-6(12)7(11)13/h2-3H,1H3,(H,8,9,10,12). The molecular weight excluding hydrogens is 172 g/mol. The molecule has 13 heavy (non-hydrogen) atoms. The number of nitrogens with zero attached hydrogens (tertiary/aromatic N) is 3. The highest BCUT2D eigenvalue weighted by molar-refractivity contribution is 5.67. The monoisotopic (exact) mass is 178 g/mol. The summed E-state index contributed by atoms with van der Waals surface area (Å²) in [6.07, 6.45) is 2.78. The van der Waals surface area contributed by atoms with E-state index in [2.05, 4.69) is 15.0 Å². The Morgan fingerprint density at radius 3 is 3.00 bits per heavy atom. The lowest BCUT2D eigenvalue weighted by Gasteiger charge is -2.00. The van der Waals surface area contributed by atoms with E-state index in [9.17, 15) is 9.59 Å². The molecule has 0 spiro atoms. The van der Waals surface area contributed by atoms with Gasteiger partial charge >= 0.3 is 11.1 Å². The van der Waals surface area contributed by atoms with Crippen LogP contribution in [-0.4, -0.2) is 19.5 Å². The molecular formula is C7H6N4O2. The van der Waals surface area contributed by atoms with Gasteiger partial charge in [-0.3, -0.25) is 9.59 Å². The zero-order valence-corrected chi connectivity index (χ0v) is 6.81. The van der Waals surface area contributed by atoms with Crippen LogP contribution in [-0.2, 0) is 7.05 Å². The van der Waals surface area contributed by atoms with Gasteiger partial charge in [-0.1, -0.05) is 0 Å². The number of aromatic nitrogens is 4. The van der Waals surface area contributed by atoms with Crippen LogP contribution < -0.4 is 11.1 Å². The third-order valence-corrected chi connectivity index (χ3v) is 1.79.